The summed E-state index contributed by atoms with van der Waals surface area (Å²) in [5.41, 5.74) is 8.14. The topological polar surface area (TPSA) is 78.7 Å². The van der Waals surface area contributed by atoms with Gasteiger partial charge in [-0.05, 0) is 37.0 Å². The number of anilines is 2. The molecule has 8 heteroatoms. The zero-order valence-corrected chi connectivity index (χ0v) is 16.9. The van der Waals surface area contributed by atoms with E-state index in [0.29, 0.717) is 36.7 Å². The van der Waals surface area contributed by atoms with Crippen molar-refractivity contribution in [2.45, 2.75) is 32.2 Å². The molecule has 2 aliphatic heterocycles. The molecule has 1 aromatic carbocycles. The van der Waals surface area contributed by atoms with E-state index in [9.17, 15) is 9.59 Å². The Morgan fingerprint density at radius 1 is 1.31 bits per heavy atom. The molecule has 2 heterocycles. The lowest BCUT2D eigenvalue weighted by Crippen LogP contribution is -2.49. The Kier molecular flexibility index (Phi) is 8.18. The third-order valence-electron chi connectivity index (χ3n) is 5.11. The highest BCUT2D eigenvalue weighted by Crippen LogP contribution is 2.30. The van der Waals surface area contributed by atoms with E-state index in [2.05, 4.69) is 12.2 Å². The minimum Gasteiger partial charge on any atom is -0.372 e. The number of hydrogen-bond acceptors (Lipinski definition) is 4. The predicted molar refractivity (Wildman–Crippen MR) is 110 cm³/mol. The summed E-state index contributed by atoms with van der Waals surface area (Å²) >= 11 is 0. The molecule has 2 amide bonds. The number of carbonyl (C=O) groups is 2. The number of benzene rings is 1. The smallest absolute Gasteiger partial charge is 0.254 e. The highest BCUT2D eigenvalue weighted by Gasteiger charge is 2.30. The van der Waals surface area contributed by atoms with E-state index in [1.54, 1.807) is 6.07 Å². The molecule has 2 aliphatic rings. The second kappa shape index (κ2) is 9.44. The van der Waals surface area contributed by atoms with Gasteiger partial charge in [-0.1, -0.05) is 6.92 Å². The van der Waals surface area contributed by atoms with E-state index in [1.165, 1.54) is 0 Å². The average Bonchev–Trinajstić information content (AvgIpc) is 2.72. The Labute approximate surface area is 167 Å². The quantitative estimate of drug-likeness (QED) is 0.796. The van der Waals surface area contributed by atoms with Crippen LogP contribution in [0.4, 0.5) is 11.4 Å². The molecule has 6 nitrogen and oxygen atoms in total. The molecule has 1 aromatic rings. The SMILES string of the molecule is CC1CCN(C(=O)c2ccc3c(c2)NC(=O)CCN3C)C(CN)C1.Cl.Cl. The summed E-state index contributed by atoms with van der Waals surface area (Å²) in [7, 11) is 1.96. The van der Waals surface area contributed by atoms with Crippen molar-refractivity contribution in [3.8, 4) is 0 Å². The van der Waals surface area contributed by atoms with Crippen LogP contribution >= 0.6 is 24.8 Å². The number of nitrogens with one attached hydrogen (secondary N) is 1. The molecule has 3 N–H and O–H groups in total. The second-order valence-corrected chi connectivity index (χ2v) is 6.97. The van der Waals surface area contributed by atoms with Crippen molar-refractivity contribution in [3.05, 3.63) is 23.8 Å². The van der Waals surface area contributed by atoms with Crippen LogP contribution in [-0.2, 0) is 4.79 Å². The van der Waals surface area contributed by atoms with E-state index < -0.39 is 0 Å². The molecule has 146 valence electrons. The molecule has 0 bridgehead atoms. The lowest BCUT2D eigenvalue weighted by Gasteiger charge is -2.38. The van der Waals surface area contributed by atoms with E-state index >= 15 is 0 Å². The maximum absolute atomic E-state index is 13.0. The molecular formula is C18H28Cl2N4O2. The van der Waals surface area contributed by atoms with Crippen molar-refractivity contribution >= 4 is 48.0 Å². The van der Waals surface area contributed by atoms with Gasteiger partial charge < -0.3 is 20.9 Å². The number of rotatable bonds is 2. The van der Waals surface area contributed by atoms with Crippen LogP contribution in [0.5, 0.6) is 0 Å². The Morgan fingerprint density at radius 2 is 2.04 bits per heavy atom. The van der Waals surface area contributed by atoms with E-state index in [-0.39, 0.29) is 42.7 Å². The van der Waals surface area contributed by atoms with Crippen molar-refractivity contribution in [3.63, 3.8) is 0 Å². The number of amides is 2. The first-order valence-corrected chi connectivity index (χ1v) is 8.65. The third-order valence-corrected chi connectivity index (χ3v) is 5.11. The van der Waals surface area contributed by atoms with Gasteiger partial charge in [0, 0.05) is 44.7 Å². The molecule has 0 spiro atoms. The molecule has 0 aliphatic carbocycles. The summed E-state index contributed by atoms with van der Waals surface area (Å²) < 4.78 is 0. The standard InChI is InChI=1S/C18H26N4O2.2ClH/c1-12-5-8-22(14(9-12)11-19)18(24)13-3-4-16-15(10-13)20-17(23)6-7-21(16)2;;/h3-4,10,12,14H,5-9,11,19H2,1-2H3,(H,20,23);2*1H. The number of nitrogens with zero attached hydrogens (tertiary/aromatic N) is 2. The lowest BCUT2D eigenvalue weighted by molar-refractivity contribution is -0.115. The largest absolute Gasteiger partial charge is 0.372 e. The summed E-state index contributed by atoms with van der Waals surface area (Å²) in [5.74, 6) is 0.584. The summed E-state index contributed by atoms with van der Waals surface area (Å²) in [6.07, 6.45) is 2.41. The number of piperidine rings is 1. The Morgan fingerprint density at radius 3 is 2.73 bits per heavy atom. The van der Waals surface area contributed by atoms with Crippen LogP contribution in [0.15, 0.2) is 18.2 Å². The fourth-order valence-corrected chi connectivity index (χ4v) is 3.61. The molecule has 3 rings (SSSR count). The molecule has 0 aromatic heterocycles. The molecule has 0 saturated carbocycles. The van der Waals surface area contributed by atoms with Crippen LogP contribution < -0.4 is 16.0 Å². The predicted octanol–water partition coefficient (Wildman–Crippen LogP) is 2.51. The Bertz CT molecular complexity index is 656. The van der Waals surface area contributed by atoms with Gasteiger partial charge in [0.1, 0.15) is 0 Å². The van der Waals surface area contributed by atoms with Crippen molar-refractivity contribution in [2.75, 3.05) is 36.9 Å². The number of carbonyl (C=O) groups excluding carboxylic acids is 2. The van der Waals surface area contributed by atoms with Crippen molar-refractivity contribution in [1.82, 2.24) is 4.90 Å². The van der Waals surface area contributed by atoms with Crippen LogP contribution in [0, 0.1) is 5.92 Å². The highest BCUT2D eigenvalue weighted by molar-refractivity contribution is 6.01. The van der Waals surface area contributed by atoms with E-state index in [0.717, 1.165) is 25.1 Å². The van der Waals surface area contributed by atoms with Crippen molar-refractivity contribution in [1.29, 1.82) is 0 Å². The van der Waals surface area contributed by atoms with Gasteiger partial charge in [0.25, 0.3) is 5.91 Å². The van der Waals surface area contributed by atoms with Gasteiger partial charge in [-0.25, -0.2) is 0 Å². The first-order valence-electron chi connectivity index (χ1n) is 8.65. The van der Waals surface area contributed by atoms with Crippen LogP contribution in [0.25, 0.3) is 0 Å². The summed E-state index contributed by atoms with van der Waals surface area (Å²) in [5, 5.41) is 2.91. The first kappa shape index (κ1) is 22.5. The van der Waals surface area contributed by atoms with E-state index in [1.807, 2.05) is 29.0 Å². The number of likely N-dealkylation sites (tertiary alicyclic amines) is 1. The molecule has 1 fully saturated rings. The maximum Gasteiger partial charge on any atom is 0.254 e. The molecule has 0 radical (unpaired) electrons. The number of hydrogen-bond donors (Lipinski definition) is 2. The average molecular weight is 403 g/mol. The van der Waals surface area contributed by atoms with Gasteiger partial charge in [0.2, 0.25) is 5.91 Å². The minimum absolute atomic E-state index is 0. The number of halogens is 2. The summed E-state index contributed by atoms with van der Waals surface area (Å²) in [6.45, 7) is 4.11. The van der Waals surface area contributed by atoms with Gasteiger partial charge in [-0.15, -0.1) is 24.8 Å². The first-order chi connectivity index (χ1) is 11.5. The van der Waals surface area contributed by atoms with Crippen LogP contribution in [0.2, 0.25) is 0 Å². The maximum atomic E-state index is 13.0. The summed E-state index contributed by atoms with van der Waals surface area (Å²) in [6, 6.07) is 5.65. The van der Waals surface area contributed by atoms with Gasteiger partial charge in [0.05, 0.1) is 11.4 Å². The minimum atomic E-state index is -0.0168. The lowest BCUT2D eigenvalue weighted by atomic mass is 9.92. The summed E-state index contributed by atoms with van der Waals surface area (Å²) in [4.78, 5) is 28.7. The second-order valence-electron chi connectivity index (χ2n) is 6.97. The molecule has 2 unspecified atom stereocenters. The Balaban J connectivity index is 0.00000169. The van der Waals surface area contributed by atoms with Gasteiger partial charge in [-0.2, -0.15) is 0 Å². The third kappa shape index (κ3) is 4.61. The molecule has 2 atom stereocenters. The van der Waals surface area contributed by atoms with Gasteiger partial charge in [-0.3, -0.25) is 9.59 Å². The van der Waals surface area contributed by atoms with Gasteiger partial charge in [0.15, 0.2) is 0 Å². The van der Waals surface area contributed by atoms with Crippen molar-refractivity contribution < 1.29 is 9.59 Å². The van der Waals surface area contributed by atoms with Crippen LogP contribution in [0.1, 0.15) is 36.5 Å². The fraction of sp³-hybridized carbons (Fsp3) is 0.556. The zero-order valence-electron chi connectivity index (χ0n) is 15.2. The Hall–Kier alpha value is -1.50. The number of nitrogens with two attached hydrogens (primary N) is 1. The monoisotopic (exact) mass is 402 g/mol. The van der Waals surface area contributed by atoms with Gasteiger partial charge >= 0.3 is 0 Å². The van der Waals surface area contributed by atoms with E-state index in [4.69, 9.17) is 5.73 Å². The normalized spacial score (nSPS) is 22.3. The van der Waals surface area contributed by atoms with Crippen LogP contribution in [-0.4, -0.2) is 49.4 Å². The molecular weight excluding hydrogens is 375 g/mol. The molecule has 26 heavy (non-hydrogen) atoms. The fourth-order valence-electron chi connectivity index (χ4n) is 3.61. The van der Waals surface area contributed by atoms with Crippen molar-refractivity contribution in [2.24, 2.45) is 11.7 Å². The zero-order chi connectivity index (χ0) is 17.3. The number of fused-ring (bicyclic) bond motifs is 1. The van der Waals surface area contributed by atoms with Crippen LogP contribution in [0.3, 0.4) is 0 Å². The molecule has 1 saturated heterocycles. The highest BCUT2D eigenvalue weighted by atomic mass is 35.5.